The first-order valence-electron chi connectivity index (χ1n) is 49.4. The van der Waals surface area contributed by atoms with Crippen molar-refractivity contribution < 1.29 is 155 Å². The molecule has 0 bridgehead atoms. The largest absolute Gasteiger partial charge is 1.00 e. The molecular formula is C96H220Br2Cl3I2O7P7. The molecular weight excluding hydrogens is 2000 g/mol. The first kappa shape index (κ1) is 154. The number of halogens is 7. The number of hydrogen-bond acceptors (Lipinski definition) is 7. The van der Waals surface area contributed by atoms with E-state index in [-0.39, 0.29) is 119 Å². The summed E-state index contributed by atoms with van der Waals surface area (Å²) in [6.45, 7) is 51.2. The maximum absolute atomic E-state index is 9.33. The fourth-order valence-corrected chi connectivity index (χ4v) is 52.1. The third kappa shape index (κ3) is 93.6. The summed E-state index contributed by atoms with van der Waals surface area (Å²) in [5.74, 6) is 0. The molecule has 0 spiro atoms. The van der Waals surface area contributed by atoms with Crippen molar-refractivity contribution in [1.29, 1.82) is 0 Å². The minimum Gasteiger partial charge on any atom is -1.00 e. The lowest BCUT2D eigenvalue weighted by atomic mass is 10.4. The molecule has 117 heavy (non-hydrogen) atoms. The molecule has 0 aromatic heterocycles. The molecule has 7 nitrogen and oxygen atoms in total. The van der Waals surface area contributed by atoms with E-state index in [1.165, 1.54) is 385 Å². The third-order valence-electron chi connectivity index (χ3n) is 23.7. The summed E-state index contributed by atoms with van der Waals surface area (Å²) in [7, 11) is -5.02. The van der Waals surface area contributed by atoms with Crippen LogP contribution < -0.4 is 119 Å². The van der Waals surface area contributed by atoms with Gasteiger partial charge in [-0.1, -0.05) is 222 Å². The van der Waals surface area contributed by atoms with Crippen LogP contribution in [-0.2, 0) is 0 Å². The van der Waals surface area contributed by atoms with Crippen LogP contribution in [-0.4, -0.2) is 255 Å². The molecule has 730 valence electrons. The predicted octanol–water partition coefficient (Wildman–Crippen LogP) is 9.02. The van der Waals surface area contributed by atoms with Gasteiger partial charge in [0.1, 0.15) is 0 Å². The van der Waals surface area contributed by atoms with Crippen molar-refractivity contribution in [3.05, 3.63) is 0 Å². The Hall–Kier alpha value is 6.02. The van der Waals surface area contributed by atoms with Gasteiger partial charge < -0.3 is 155 Å². The SMILES string of the molecule is CCCC[P+](CCCC)(CCCC)CCCO.CCCC[P+](CCO)(CCCC)CCCC.CCCC[P+](CCO)(CCCC)CCCC.CCCC[P+](CCO)(CCCC)CCCC.CCC[P+](CCC)(CCC)CCCCO.CCC[P+](CCC)(CCC)CCCCO.CCC[P+](CCC)(CCC)CCCCO.[Br-].[Br-].[Cl-].[Cl-].[Cl-].[I-].[I-]. The molecule has 0 rings (SSSR count). The highest BCUT2D eigenvalue weighted by Gasteiger charge is 2.40. The third-order valence-corrected chi connectivity index (χ3v) is 60.0. The minimum atomic E-state index is -0.796. The van der Waals surface area contributed by atoms with Gasteiger partial charge in [0, 0.05) is 83.7 Å². The van der Waals surface area contributed by atoms with E-state index in [1.54, 1.807) is 0 Å². The molecule has 0 unspecified atom stereocenters. The summed E-state index contributed by atoms with van der Waals surface area (Å²) in [4.78, 5) is 0. The van der Waals surface area contributed by atoms with Crippen molar-refractivity contribution >= 4 is 50.8 Å². The van der Waals surface area contributed by atoms with E-state index in [1.807, 2.05) is 0 Å². The molecule has 0 fully saturated rings. The average Bonchev–Trinajstić information content (AvgIpc) is 1.12. The lowest BCUT2D eigenvalue weighted by molar-refractivity contribution is -0.00100. The Kier molecular flexibility index (Phi) is 156. The van der Waals surface area contributed by atoms with E-state index in [0.717, 1.165) is 44.2 Å². The Balaban J connectivity index is -0.0000000873. The molecule has 0 radical (unpaired) electrons. The Morgan fingerprint density at radius 1 is 0.120 bits per heavy atom. The second kappa shape index (κ2) is 118. The van der Waals surface area contributed by atoms with Crippen molar-refractivity contribution in [1.82, 2.24) is 0 Å². The summed E-state index contributed by atoms with van der Waals surface area (Å²) in [6, 6.07) is 0. The van der Waals surface area contributed by atoms with Crippen LogP contribution in [0, 0.1) is 0 Å². The minimum absolute atomic E-state index is 0. The summed E-state index contributed by atoms with van der Waals surface area (Å²) in [6.07, 6.45) is 92.2. The molecule has 0 aliphatic carbocycles. The van der Waals surface area contributed by atoms with Gasteiger partial charge in [0.15, 0.2) is 0 Å². The molecule has 0 amide bonds. The fourth-order valence-electron chi connectivity index (χ4n) is 17.6. The standard InChI is InChI=1S/C15H34OP.3C14H32OP.3C13H30OP.2BrH.3ClH.2HI/c1-4-7-12-17(13-8-5-2,14-9-6-3)15-10-11-16;3*1-4-7-11-16(14-10-15,12-8-5-2)13-9-6-3;3*1-4-10-15(11-5-2,12-6-3)13-8-7-9-14;;;;;;;/h16H,4-15H2,1-3H3;3*15H,4-14H2,1-3H3;3*14H,4-13H2,1-3H3;7*1H/q7*+1;;;;;;;/p-7. The Bertz CT molecular complexity index is 1410. The first-order valence-corrected chi connectivity index (χ1v) is 67.1. The van der Waals surface area contributed by atoms with Gasteiger partial charge in [0.05, 0.1) is 192 Å². The van der Waals surface area contributed by atoms with E-state index < -0.39 is 50.8 Å². The van der Waals surface area contributed by atoms with E-state index in [0.29, 0.717) is 46.2 Å². The van der Waals surface area contributed by atoms with Crippen molar-refractivity contribution in [2.45, 2.75) is 402 Å². The van der Waals surface area contributed by atoms with Gasteiger partial charge in [-0.25, -0.2) is 0 Å². The van der Waals surface area contributed by atoms with Gasteiger partial charge in [-0.3, -0.25) is 0 Å². The second-order valence-corrected chi connectivity index (χ2v) is 65.7. The van der Waals surface area contributed by atoms with Crippen LogP contribution in [0.2, 0.25) is 0 Å². The van der Waals surface area contributed by atoms with Crippen LogP contribution in [0.5, 0.6) is 0 Å². The van der Waals surface area contributed by atoms with Crippen LogP contribution in [0.1, 0.15) is 402 Å². The fraction of sp³-hybridized carbons (Fsp3) is 1.00. The quantitative estimate of drug-likeness (QED) is 0.0183. The van der Waals surface area contributed by atoms with Crippen molar-refractivity contribution in [3.8, 4) is 0 Å². The smallest absolute Gasteiger partial charge is 0.0825 e. The van der Waals surface area contributed by atoms with Gasteiger partial charge in [-0.15, -0.1) is 0 Å². The molecule has 0 aromatic carbocycles. The predicted molar refractivity (Wildman–Crippen MR) is 538 cm³/mol. The Labute approximate surface area is 818 Å². The Morgan fingerprint density at radius 2 is 0.222 bits per heavy atom. The van der Waals surface area contributed by atoms with Gasteiger partial charge >= 0.3 is 0 Å². The normalized spacial score (nSPS) is 11.3. The molecule has 0 aliphatic rings. The molecule has 0 heterocycles. The van der Waals surface area contributed by atoms with Gasteiger partial charge in [-0.05, 0) is 173 Å². The maximum Gasteiger partial charge on any atom is 0.0825 e. The van der Waals surface area contributed by atoms with E-state index in [2.05, 4.69) is 145 Å². The Morgan fingerprint density at radius 3 is 0.325 bits per heavy atom. The summed E-state index contributed by atoms with van der Waals surface area (Å²) in [5, 5.41) is 63.7. The molecule has 0 atom stereocenters. The molecule has 0 aromatic rings. The number of rotatable bonds is 75. The molecule has 7 N–H and O–H groups in total. The lowest BCUT2D eigenvalue weighted by Crippen LogP contribution is -3.00. The van der Waals surface area contributed by atoms with Crippen molar-refractivity contribution in [3.63, 3.8) is 0 Å². The van der Waals surface area contributed by atoms with Gasteiger partial charge in [-0.2, -0.15) is 0 Å². The van der Waals surface area contributed by atoms with Crippen molar-refractivity contribution in [2.75, 3.05) is 219 Å². The summed E-state index contributed by atoms with van der Waals surface area (Å²) < 4.78 is 0. The van der Waals surface area contributed by atoms with Gasteiger partial charge in [0.25, 0.3) is 0 Å². The van der Waals surface area contributed by atoms with Crippen LogP contribution >= 0.6 is 50.8 Å². The number of unbranched alkanes of at least 4 members (excludes halogenated alkanes) is 15. The highest BCUT2D eigenvalue weighted by Crippen LogP contribution is 2.65. The molecule has 21 heteroatoms. The van der Waals surface area contributed by atoms with Crippen LogP contribution in [0.15, 0.2) is 0 Å². The zero-order valence-corrected chi connectivity index (χ0v) is 99.0. The second-order valence-electron chi connectivity index (χ2n) is 34.4. The van der Waals surface area contributed by atoms with E-state index >= 15 is 0 Å². The topological polar surface area (TPSA) is 142 Å². The number of hydrogen-bond donors (Lipinski definition) is 7. The van der Waals surface area contributed by atoms with Gasteiger partial charge in [0.2, 0.25) is 0 Å². The number of aliphatic hydroxyl groups is 7. The van der Waals surface area contributed by atoms with Crippen LogP contribution in [0.25, 0.3) is 0 Å². The van der Waals surface area contributed by atoms with Crippen LogP contribution in [0.4, 0.5) is 0 Å². The lowest BCUT2D eigenvalue weighted by Gasteiger charge is -2.27. The molecule has 0 saturated carbocycles. The zero-order chi connectivity index (χ0) is 84.5. The summed E-state index contributed by atoms with van der Waals surface area (Å²) >= 11 is 0. The molecule has 0 saturated heterocycles. The maximum atomic E-state index is 9.33. The van der Waals surface area contributed by atoms with E-state index in [4.69, 9.17) is 20.4 Å². The first-order chi connectivity index (χ1) is 53.2. The number of aliphatic hydroxyl groups excluding tert-OH is 7. The highest BCUT2D eigenvalue weighted by atomic mass is 127. The zero-order valence-electron chi connectivity index (χ0n) is 82.9. The van der Waals surface area contributed by atoms with E-state index in [9.17, 15) is 15.3 Å². The van der Waals surface area contributed by atoms with Crippen LogP contribution in [0.3, 0.4) is 0 Å². The molecule has 0 aliphatic heterocycles. The monoisotopic (exact) mass is 2220 g/mol. The van der Waals surface area contributed by atoms with Crippen molar-refractivity contribution in [2.24, 2.45) is 0 Å². The summed E-state index contributed by atoms with van der Waals surface area (Å²) in [5.41, 5.74) is 0. The average molecular weight is 2220 g/mol. The highest BCUT2D eigenvalue weighted by molar-refractivity contribution is 7.78.